The molecular weight excluding hydrogens is 240 g/mol. The van der Waals surface area contributed by atoms with Gasteiger partial charge in [-0.2, -0.15) is 0 Å². The molecule has 0 aromatic carbocycles. The van der Waals surface area contributed by atoms with Crippen LogP contribution in [0.1, 0.15) is 56.7 Å². The molecule has 1 unspecified atom stereocenters. The first-order valence-electron chi connectivity index (χ1n) is 7.49. The van der Waals surface area contributed by atoms with E-state index in [9.17, 15) is 0 Å². The summed E-state index contributed by atoms with van der Waals surface area (Å²) in [5, 5.41) is 3.67. The van der Waals surface area contributed by atoms with Crippen molar-refractivity contribution >= 4 is 11.3 Å². The van der Waals surface area contributed by atoms with Crippen molar-refractivity contribution in [2.24, 2.45) is 5.92 Å². The third-order valence-electron chi connectivity index (χ3n) is 4.02. The molecule has 0 saturated heterocycles. The standard InChI is InChI=1S/C15H26N2S/c1-2-17-14(10-15-11-16-12-18-15)9-13-7-5-3-4-6-8-13/h11-14,17H,2-10H2,1H3. The molecule has 0 amide bonds. The fraction of sp³-hybridized carbons (Fsp3) is 0.800. The predicted molar refractivity (Wildman–Crippen MR) is 79.1 cm³/mol. The molecule has 1 aromatic heterocycles. The van der Waals surface area contributed by atoms with Crippen LogP contribution in [0.15, 0.2) is 11.7 Å². The molecular formula is C15H26N2S. The van der Waals surface area contributed by atoms with Crippen LogP contribution in [-0.2, 0) is 6.42 Å². The lowest BCUT2D eigenvalue weighted by Crippen LogP contribution is -2.32. The minimum absolute atomic E-state index is 0.651. The summed E-state index contributed by atoms with van der Waals surface area (Å²) in [5.41, 5.74) is 1.95. The van der Waals surface area contributed by atoms with E-state index in [1.54, 1.807) is 11.3 Å². The highest BCUT2D eigenvalue weighted by Crippen LogP contribution is 2.27. The van der Waals surface area contributed by atoms with Crippen molar-refractivity contribution in [2.75, 3.05) is 6.54 Å². The molecule has 102 valence electrons. The van der Waals surface area contributed by atoms with Gasteiger partial charge < -0.3 is 5.32 Å². The van der Waals surface area contributed by atoms with Gasteiger partial charge >= 0.3 is 0 Å². The summed E-state index contributed by atoms with van der Waals surface area (Å²) in [5.74, 6) is 0.949. The maximum absolute atomic E-state index is 4.19. The number of thiazole rings is 1. The Bertz CT molecular complexity index is 302. The van der Waals surface area contributed by atoms with Gasteiger partial charge in [-0.1, -0.05) is 45.4 Å². The van der Waals surface area contributed by atoms with Crippen molar-refractivity contribution in [3.05, 3.63) is 16.6 Å². The van der Waals surface area contributed by atoms with Crippen LogP contribution >= 0.6 is 11.3 Å². The van der Waals surface area contributed by atoms with Crippen molar-refractivity contribution < 1.29 is 0 Å². The largest absolute Gasteiger partial charge is 0.314 e. The molecule has 0 radical (unpaired) electrons. The fourth-order valence-electron chi connectivity index (χ4n) is 3.12. The van der Waals surface area contributed by atoms with Crippen LogP contribution in [0.2, 0.25) is 0 Å². The molecule has 1 aliphatic rings. The van der Waals surface area contributed by atoms with Crippen molar-refractivity contribution in [1.82, 2.24) is 10.3 Å². The Labute approximate surface area is 115 Å². The third-order valence-corrected chi connectivity index (χ3v) is 4.82. The first kappa shape index (κ1) is 14.0. The van der Waals surface area contributed by atoms with Gasteiger partial charge in [0.2, 0.25) is 0 Å². The zero-order chi connectivity index (χ0) is 12.6. The zero-order valence-electron chi connectivity index (χ0n) is 11.5. The minimum atomic E-state index is 0.651. The van der Waals surface area contributed by atoms with E-state index in [0.717, 1.165) is 18.9 Å². The van der Waals surface area contributed by atoms with Crippen LogP contribution in [0, 0.1) is 5.92 Å². The molecule has 1 aromatic rings. The van der Waals surface area contributed by atoms with Crippen LogP contribution in [0.5, 0.6) is 0 Å². The molecule has 0 aliphatic heterocycles. The van der Waals surface area contributed by atoms with Gasteiger partial charge in [0.1, 0.15) is 0 Å². The van der Waals surface area contributed by atoms with Crippen LogP contribution in [-0.4, -0.2) is 17.6 Å². The van der Waals surface area contributed by atoms with Crippen LogP contribution in [0.3, 0.4) is 0 Å². The Balaban J connectivity index is 1.84. The number of aromatic nitrogens is 1. The van der Waals surface area contributed by atoms with Crippen LogP contribution in [0.4, 0.5) is 0 Å². The number of hydrogen-bond donors (Lipinski definition) is 1. The average Bonchev–Trinajstić information content (AvgIpc) is 2.73. The Morgan fingerprint density at radius 1 is 1.33 bits per heavy atom. The highest BCUT2D eigenvalue weighted by molar-refractivity contribution is 7.09. The second-order valence-corrected chi connectivity index (χ2v) is 6.49. The van der Waals surface area contributed by atoms with Crippen LogP contribution < -0.4 is 5.32 Å². The van der Waals surface area contributed by atoms with E-state index in [-0.39, 0.29) is 0 Å². The van der Waals surface area contributed by atoms with Gasteiger partial charge in [0, 0.05) is 17.1 Å². The molecule has 1 saturated carbocycles. The molecule has 3 heteroatoms. The third kappa shape index (κ3) is 4.69. The molecule has 2 rings (SSSR count). The molecule has 1 N–H and O–H groups in total. The number of hydrogen-bond acceptors (Lipinski definition) is 3. The molecule has 2 nitrogen and oxygen atoms in total. The summed E-state index contributed by atoms with van der Waals surface area (Å²) in [6.07, 6.45) is 13.3. The Morgan fingerprint density at radius 2 is 2.11 bits per heavy atom. The average molecular weight is 266 g/mol. The van der Waals surface area contributed by atoms with E-state index < -0.39 is 0 Å². The van der Waals surface area contributed by atoms with E-state index in [1.807, 2.05) is 11.7 Å². The number of nitrogens with zero attached hydrogens (tertiary/aromatic N) is 1. The molecule has 1 fully saturated rings. The Morgan fingerprint density at radius 3 is 2.72 bits per heavy atom. The van der Waals surface area contributed by atoms with Gasteiger partial charge in [-0.3, -0.25) is 4.98 Å². The normalized spacial score (nSPS) is 19.6. The molecule has 1 aliphatic carbocycles. The van der Waals surface area contributed by atoms with E-state index in [4.69, 9.17) is 0 Å². The van der Waals surface area contributed by atoms with Gasteiger partial charge in [-0.25, -0.2) is 0 Å². The van der Waals surface area contributed by atoms with Gasteiger partial charge in [-0.05, 0) is 25.3 Å². The van der Waals surface area contributed by atoms with Crippen molar-refractivity contribution in [2.45, 2.75) is 64.3 Å². The smallest absolute Gasteiger partial charge is 0.0794 e. The number of nitrogens with one attached hydrogen (secondary N) is 1. The quantitative estimate of drug-likeness (QED) is 0.787. The molecule has 1 atom stereocenters. The summed E-state index contributed by atoms with van der Waals surface area (Å²) in [4.78, 5) is 5.61. The number of likely N-dealkylation sites (N-methyl/N-ethyl adjacent to an activating group) is 1. The number of rotatable bonds is 6. The van der Waals surface area contributed by atoms with E-state index in [1.165, 1.54) is 49.8 Å². The maximum atomic E-state index is 4.19. The van der Waals surface area contributed by atoms with Crippen LogP contribution in [0.25, 0.3) is 0 Å². The molecule has 0 bridgehead atoms. The predicted octanol–water partition coefficient (Wildman–Crippen LogP) is 4.02. The topological polar surface area (TPSA) is 24.9 Å². The van der Waals surface area contributed by atoms with Gasteiger partial charge in [0.25, 0.3) is 0 Å². The lowest BCUT2D eigenvalue weighted by molar-refractivity contribution is 0.354. The van der Waals surface area contributed by atoms with Gasteiger partial charge in [0.05, 0.1) is 5.51 Å². The highest BCUT2D eigenvalue weighted by atomic mass is 32.1. The zero-order valence-corrected chi connectivity index (χ0v) is 12.3. The summed E-state index contributed by atoms with van der Waals surface area (Å²) < 4.78 is 0. The van der Waals surface area contributed by atoms with Crippen molar-refractivity contribution in [3.63, 3.8) is 0 Å². The lowest BCUT2D eigenvalue weighted by Gasteiger charge is -2.23. The summed E-state index contributed by atoms with van der Waals surface area (Å²) in [6.45, 7) is 3.29. The minimum Gasteiger partial charge on any atom is -0.314 e. The monoisotopic (exact) mass is 266 g/mol. The fourth-order valence-corrected chi connectivity index (χ4v) is 3.79. The maximum Gasteiger partial charge on any atom is 0.0794 e. The van der Waals surface area contributed by atoms with Gasteiger partial charge in [0.15, 0.2) is 0 Å². The molecule has 18 heavy (non-hydrogen) atoms. The van der Waals surface area contributed by atoms with E-state index in [0.29, 0.717) is 6.04 Å². The first-order valence-corrected chi connectivity index (χ1v) is 8.37. The SMILES string of the molecule is CCNC(Cc1cncs1)CC1CCCCCC1. The first-order chi connectivity index (χ1) is 8.88. The summed E-state index contributed by atoms with van der Waals surface area (Å²) >= 11 is 1.79. The Hall–Kier alpha value is -0.410. The molecule has 0 spiro atoms. The van der Waals surface area contributed by atoms with E-state index in [2.05, 4.69) is 17.2 Å². The lowest BCUT2D eigenvalue weighted by atomic mass is 9.91. The summed E-state index contributed by atoms with van der Waals surface area (Å²) in [7, 11) is 0. The highest BCUT2D eigenvalue weighted by Gasteiger charge is 2.18. The second-order valence-electron chi connectivity index (χ2n) is 5.52. The summed E-state index contributed by atoms with van der Waals surface area (Å²) in [6, 6.07) is 0.651. The molecule has 1 heterocycles. The van der Waals surface area contributed by atoms with Gasteiger partial charge in [-0.15, -0.1) is 11.3 Å². The van der Waals surface area contributed by atoms with Crippen molar-refractivity contribution in [3.8, 4) is 0 Å². The van der Waals surface area contributed by atoms with E-state index >= 15 is 0 Å². The van der Waals surface area contributed by atoms with Crippen molar-refractivity contribution in [1.29, 1.82) is 0 Å². The Kier molecular flexibility index (Phi) is 6.15. The second kappa shape index (κ2) is 7.90.